The second-order valence-electron chi connectivity index (χ2n) is 9.94. The molecule has 0 aliphatic carbocycles. The largest absolute Gasteiger partial charge is 0.471 e. The van der Waals surface area contributed by atoms with E-state index >= 15 is 0 Å². The molecule has 1 aliphatic heterocycles. The van der Waals surface area contributed by atoms with Gasteiger partial charge in [-0.3, -0.25) is 4.79 Å². The van der Waals surface area contributed by atoms with Crippen LogP contribution in [0.15, 0.2) is 0 Å². The fraction of sp³-hybridized carbons (Fsp3) is 0.909. The summed E-state index contributed by atoms with van der Waals surface area (Å²) in [5, 5.41) is 11.2. The van der Waals surface area contributed by atoms with Gasteiger partial charge in [-0.15, -0.1) is 0 Å². The minimum Gasteiger partial charge on any atom is -0.364 e. The maximum absolute atomic E-state index is 13.3. The molecular formula is C22H39F3N3O4P. The number of ether oxygens (including phenoxy) is 1. The lowest BCUT2D eigenvalue weighted by Gasteiger charge is -2.51. The Morgan fingerprint density at radius 3 is 2.06 bits per heavy atom. The number of nitrogens with one attached hydrogen (secondary N) is 1. The van der Waals surface area contributed by atoms with Crippen LogP contribution in [-0.2, 0) is 18.6 Å². The topological polar surface area (TPSA) is 83.8 Å². The van der Waals surface area contributed by atoms with Crippen LogP contribution in [0.25, 0.3) is 0 Å². The number of halogens is 3. The van der Waals surface area contributed by atoms with Gasteiger partial charge in [0.15, 0.2) is 0 Å². The van der Waals surface area contributed by atoms with Crippen molar-refractivity contribution in [1.29, 1.82) is 5.26 Å². The Balaban J connectivity index is 3.64. The zero-order valence-corrected chi connectivity index (χ0v) is 22.3. The molecule has 1 heterocycles. The van der Waals surface area contributed by atoms with Crippen LogP contribution >= 0.6 is 8.53 Å². The first-order chi connectivity index (χ1) is 14.8. The molecule has 0 bridgehead atoms. The van der Waals surface area contributed by atoms with Crippen molar-refractivity contribution in [3.8, 4) is 6.07 Å². The zero-order valence-electron chi connectivity index (χ0n) is 21.4. The van der Waals surface area contributed by atoms with Gasteiger partial charge in [0.1, 0.15) is 5.60 Å². The van der Waals surface area contributed by atoms with Crippen LogP contribution in [0.3, 0.4) is 0 Å². The average molecular weight is 498 g/mol. The second-order valence-corrected chi connectivity index (χ2v) is 11.3. The molecule has 0 saturated carbocycles. The minimum atomic E-state index is -5.07. The Morgan fingerprint density at radius 1 is 1.15 bits per heavy atom. The van der Waals surface area contributed by atoms with Gasteiger partial charge in [0.05, 0.1) is 35.8 Å². The number of amides is 1. The van der Waals surface area contributed by atoms with Crippen LogP contribution in [0, 0.1) is 11.3 Å². The number of nitriles is 1. The third-order valence-electron chi connectivity index (χ3n) is 6.87. The third-order valence-corrected chi connectivity index (χ3v) is 9.09. The number of alkyl halides is 3. The molecule has 3 unspecified atom stereocenters. The average Bonchev–Trinajstić information content (AvgIpc) is 2.76. The number of hydrogen-bond donors (Lipinski definition) is 1. The summed E-state index contributed by atoms with van der Waals surface area (Å²) in [7, 11) is -1.82. The molecule has 0 aromatic rings. The summed E-state index contributed by atoms with van der Waals surface area (Å²) in [6.45, 7) is 18.1. The number of nitrogens with zero attached hydrogens (tertiary/aromatic N) is 2. The van der Waals surface area contributed by atoms with Crippen LogP contribution in [-0.4, -0.2) is 57.8 Å². The molecule has 1 fully saturated rings. The van der Waals surface area contributed by atoms with Crippen molar-refractivity contribution in [2.24, 2.45) is 0 Å². The van der Waals surface area contributed by atoms with E-state index in [1.807, 2.05) is 45.4 Å². The molecule has 1 rings (SSSR count). The van der Waals surface area contributed by atoms with Gasteiger partial charge in [0.2, 0.25) is 0 Å². The quantitative estimate of drug-likeness (QED) is 0.319. The van der Waals surface area contributed by atoms with E-state index in [4.69, 9.17) is 19.0 Å². The van der Waals surface area contributed by atoms with Crippen LogP contribution in [0.2, 0.25) is 0 Å². The van der Waals surface area contributed by atoms with Gasteiger partial charge in [-0.05, 0) is 68.7 Å². The molecular weight excluding hydrogens is 458 g/mol. The molecule has 11 heteroatoms. The van der Waals surface area contributed by atoms with Gasteiger partial charge >= 0.3 is 12.1 Å². The van der Waals surface area contributed by atoms with E-state index in [0.717, 1.165) is 0 Å². The molecule has 7 nitrogen and oxygen atoms in total. The van der Waals surface area contributed by atoms with E-state index in [0.29, 0.717) is 6.42 Å². The Labute approximate surface area is 197 Å². The standard InChI is InChI=1S/C22H39F3N3O4P/c1-11-19(8)21(10,20(9,18(6,7)31-19)27-17(29)22(23,24)25)32-33(30-14-12-13-26)28(15(2)3)16(4)5/h15-16H,11-12,14H2,1-10H3,(H,27,29)/t19-,20?,21?,33?/m1/s1. The zero-order chi connectivity index (χ0) is 26.0. The van der Waals surface area contributed by atoms with Gasteiger partial charge in [-0.25, -0.2) is 4.67 Å². The molecule has 4 atom stereocenters. The molecule has 1 aliphatic rings. The summed E-state index contributed by atoms with van der Waals surface area (Å²) in [4.78, 5) is 12.1. The van der Waals surface area contributed by atoms with Crippen LogP contribution in [0.4, 0.5) is 13.2 Å². The van der Waals surface area contributed by atoms with E-state index in [9.17, 15) is 18.0 Å². The smallest absolute Gasteiger partial charge is 0.364 e. The van der Waals surface area contributed by atoms with Crippen LogP contribution in [0.1, 0.15) is 82.1 Å². The van der Waals surface area contributed by atoms with Crippen molar-refractivity contribution in [3.63, 3.8) is 0 Å². The first kappa shape index (κ1) is 30.1. The number of rotatable bonds is 10. The lowest BCUT2D eigenvalue weighted by Crippen LogP contribution is -2.71. The van der Waals surface area contributed by atoms with E-state index in [1.165, 1.54) is 6.92 Å². The lowest BCUT2D eigenvalue weighted by molar-refractivity contribution is -0.179. The molecule has 1 N–H and O–H groups in total. The molecule has 0 aromatic heterocycles. The van der Waals surface area contributed by atoms with Gasteiger partial charge in [-0.2, -0.15) is 18.4 Å². The van der Waals surface area contributed by atoms with Crippen molar-refractivity contribution in [3.05, 3.63) is 0 Å². The number of hydrogen-bond acceptors (Lipinski definition) is 6. The van der Waals surface area contributed by atoms with Gasteiger partial charge in [0, 0.05) is 12.1 Å². The Bertz CT molecular complexity index is 735. The highest BCUT2D eigenvalue weighted by Gasteiger charge is 2.73. The normalized spacial score (nSPS) is 30.6. The van der Waals surface area contributed by atoms with Gasteiger partial charge in [0.25, 0.3) is 8.53 Å². The maximum atomic E-state index is 13.3. The summed E-state index contributed by atoms with van der Waals surface area (Å²) in [5.74, 6) is -2.06. The molecule has 192 valence electrons. The van der Waals surface area contributed by atoms with Gasteiger partial charge in [-0.1, -0.05) is 6.92 Å². The molecule has 33 heavy (non-hydrogen) atoms. The van der Waals surface area contributed by atoms with Crippen LogP contribution in [0.5, 0.6) is 0 Å². The number of carbonyl (C=O) groups is 1. The fourth-order valence-corrected chi connectivity index (χ4v) is 6.44. The van der Waals surface area contributed by atoms with Crippen molar-refractivity contribution < 1.29 is 31.8 Å². The molecule has 0 spiro atoms. The second kappa shape index (κ2) is 10.3. The van der Waals surface area contributed by atoms with E-state index in [2.05, 4.69) is 5.32 Å². The highest BCUT2D eigenvalue weighted by molar-refractivity contribution is 7.44. The maximum Gasteiger partial charge on any atom is 0.471 e. The Hall–Kier alpha value is -0.980. The van der Waals surface area contributed by atoms with Crippen LogP contribution < -0.4 is 5.32 Å². The monoisotopic (exact) mass is 497 g/mol. The highest BCUT2D eigenvalue weighted by Crippen LogP contribution is 2.61. The summed E-state index contributed by atoms with van der Waals surface area (Å²) in [6.07, 6.45) is -4.52. The first-order valence-corrected chi connectivity index (χ1v) is 12.3. The lowest BCUT2D eigenvalue weighted by atomic mass is 9.67. The van der Waals surface area contributed by atoms with Crippen molar-refractivity contribution >= 4 is 14.4 Å². The van der Waals surface area contributed by atoms with E-state index < -0.39 is 43.0 Å². The first-order valence-electron chi connectivity index (χ1n) is 11.2. The number of carbonyl (C=O) groups excluding carboxylic acids is 1. The minimum absolute atomic E-state index is 0.0129. The summed E-state index contributed by atoms with van der Waals surface area (Å²) in [5.41, 5.74) is -5.25. The van der Waals surface area contributed by atoms with Crippen molar-refractivity contribution in [2.75, 3.05) is 6.61 Å². The van der Waals surface area contributed by atoms with Crippen molar-refractivity contribution in [1.82, 2.24) is 9.99 Å². The Kier molecular flexibility index (Phi) is 9.41. The Morgan fingerprint density at radius 2 is 1.67 bits per heavy atom. The summed E-state index contributed by atoms with van der Waals surface area (Å²) < 4.78 is 60.9. The third kappa shape index (κ3) is 5.65. The van der Waals surface area contributed by atoms with E-state index in [1.54, 1.807) is 27.7 Å². The predicted octanol–water partition coefficient (Wildman–Crippen LogP) is 5.45. The summed E-state index contributed by atoms with van der Waals surface area (Å²) >= 11 is 0. The molecule has 0 radical (unpaired) electrons. The van der Waals surface area contributed by atoms with E-state index in [-0.39, 0.29) is 25.1 Å². The SMILES string of the molecule is CC[C@@]1(C)OC(C)(C)C(C)(NC(=O)C(F)(F)F)C1(C)OP(OCCC#N)N(C(C)C)C(C)C. The fourth-order valence-electron chi connectivity index (χ4n) is 4.47. The van der Waals surface area contributed by atoms with Crippen molar-refractivity contribution in [2.45, 2.75) is 123 Å². The highest BCUT2D eigenvalue weighted by atomic mass is 31.2. The molecule has 1 amide bonds. The van der Waals surface area contributed by atoms with Gasteiger partial charge < -0.3 is 19.1 Å². The predicted molar refractivity (Wildman–Crippen MR) is 121 cm³/mol. The summed E-state index contributed by atoms with van der Waals surface area (Å²) in [6, 6.07) is 2.00. The molecule has 0 aromatic carbocycles. The molecule has 1 saturated heterocycles.